The molecule has 1 aliphatic carbocycles. The highest BCUT2D eigenvalue weighted by Crippen LogP contribution is 2.41. The second kappa shape index (κ2) is 10.5. The normalized spacial score (nSPS) is 16.1. The Bertz CT molecular complexity index is 1250. The number of hydrogen-bond acceptors (Lipinski definition) is 5. The van der Waals surface area contributed by atoms with Crippen molar-refractivity contribution in [3.05, 3.63) is 71.9 Å². The Morgan fingerprint density at radius 3 is 2.50 bits per heavy atom. The lowest BCUT2D eigenvalue weighted by Gasteiger charge is -2.34. The average Bonchev–Trinajstić information content (AvgIpc) is 2.83. The summed E-state index contributed by atoms with van der Waals surface area (Å²) in [4.78, 5) is 15.3. The van der Waals surface area contributed by atoms with E-state index in [0.29, 0.717) is 42.0 Å². The highest BCUT2D eigenvalue weighted by Gasteiger charge is 2.32. The molecule has 0 amide bonds. The van der Waals surface area contributed by atoms with Crippen molar-refractivity contribution >= 4 is 22.9 Å². The smallest absolute Gasteiger partial charge is 0.482 e. The van der Waals surface area contributed by atoms with Gasteiger partial charge in [-0.25, -0.2) is 9.00 Å². The molecule has 4 rings (SSSR count). The van der Waals surface area contributed by atoms with Crippen LogP contribution in [0.3, 0.4) is 0 Å². The van der Waals surface area contributed by atoms with Gasteiger partial charge in [-0.05, 0) is 72.9 Å². The Morgan fingerprint density at radius 2 is 1.89 bits per heavy atom. The summed E-state index contributed by atoms with van der Waals surface area (Å²) in [5, 5.41) is 8.94. The predicted octanol–water partition coefficient (Wildman–Crippen LogP) is 5.13. The van der Waals surface area contributed by atoms with Gasteiger partial charge >= 0.3 is 12.3 Å². The van der Waals surface area contributed by atoms with Crippen LogP contribution in [-0.2, 0) is 22.5 Å². The maximum absolute atomic E-state index is 12.4. The molecule has 0 radical (unpaired) electrons. The number of halogens is 3. The zero-order valence-electron chi connectivity index (χ0n) is 18.6. The SMILES string of the molecule is O=C(O)COc1cccc2c1CCCC2N(c1ccc(-c2ccc(OC(F)(F)F)cc2)nc1)S(=O)O. The first-order valence-corrected chi connectivity index (χ1v) is 11.9. The van der Waals surface area contributed by atoms with E-state index in [-0.39, 0.29) is 5.75 Å². The Kier molecular flexibility index (Phi) is 7.45. The molecule has 0 spiro atoms. The first-order chi connectivity index (χ1) is 17.1. The van der Waals surface area contributed by atoms with Gasteiger partial charge in [0, 0.05) is 5.56 Å². The lowest BCUT2D eigenvalue weighted by atomic mass is 9.87. The van der Waals surface area contributed by atoms with Crippen LogP contribution in [0.1, 0.15) is 30.0 Å². The number of alkyl halides is 3. The highest BCUT2D eigenvalue weighted by molar-refractivity contribution is 7.80. The molecular formula is C24H21F3N2O6S. The molecule has 0 bridgehead atoms. The van der Waals surface area contributed by atoms with Crippen molar-refractivity contribution in [2.45, 2.75) is 31.7 Å². The third-order valence-electron chi connectivity index (χ3n) is 5.62. The minimum absolute atomic E-state index is 0.354. The molecule has 0 saturated carbocycles. The van der Waals surface area contributed by atoms with Crippen molar-refractivity contribution in [2.24, 2.45) is 0 Å². The maximum Gasteiger partial charge on any atom is 0.573 e. The van der Waals surface area contributed by atoms with Crippen LogP contribution in [0.15, 0.2) is 60.8 Å². The van der Waals surface area contributed by atoms with Crippen molar-refractivity contribution in [3.63, 3.8) is 0 Å². The Morgan fingerprint density at radius 1 is 1.14 bits per heavy atom. The summed E-state index contributed by atoms with van der Waals surface area (Å²) in [5.41, 5.74) is 2.91. The largest absolute Gasteiger partial charge is 0.573 e. The molecule has 0 aliphatic heterocycles. The topological polar surface area (TPSA) is 109 Å². The molecule has 2 aromatic carbocycles. The van der Waals surface area contributed by atoms with E-state index in [4.69, 9.17) is 9.84 Å². The maximum atomic E-state index is 12.4. The van der Waals surface area contributed by atoms with E-state index in [2.05, 4.69) is 9.72 Å². The van der Waals surface area contributed by atoms with Crippen LogP contribution in [0.2, 0.25) is 0 Å². The van der Waals surface area contributed by atoms with Crippen LogP contribution in [0, 0.1) is 0 Å². The minimum Gasteiger partial charge on any atom is -0.482 e. The van der Waals surface area contributed by atoms with Gasteiger partial charge in [-0.15, -0.1) is 13.2 Å². The number of nitrogens with zero attached hydrogens (tertiary/aromatic N) is 2. The second-order valence-corrected chi connectivity index (χ2v) is 8.80. The number of anilines is 1. The van der Waals surface area contributed by atoms with Gasteiger partial charge in [0.25, 0.3) is 11.3 Å². The van der Waals surface area contributed by atoms with Gasteiger partial charge in [0.05, 0.1) is 23.6 Å². The summed E-state index contributed by atoms with van der Waals surface area (Å²) >= 11 is -2.41. The van der Waals surface area contributed by atoms with E-state index in [0.717, 1.165) is 11.1 Å². The van der Waals surface area contributed by atoms with Crippen molar-refractivity contribution in [1.29, 1.82) is 0 Å². The summed E-state index contributed by atoms with van der Waals surface area (Å²) in [6.45, 7) is -0.495. The Labute approximate surface area is 206 Å². The van der Waals surface area contributed by atoms with Crippen molar-refractivity contribution in [2.75, 3.05) is 10.9 Å². The average molecular weight is 523 g/mol. The molecule has 190 valence electrons. The van der Waals surface area contributed by atoms with Crippen LogP contribution in [-0.4, -0.2) is 37.8 Å². The number of fused-ring (bicyclic) bond motifs is 1. The van der Waals surface area contributed by atoms with E-state index >= 15 is 0 Å². The molecule has 0 saturated heterocycles. The molecular weight excluding hydrogens is 501 g/mol. The number of carboxylic acid groups (broad SMARTS) is 1. The standard InChI is InChI=1S/C24H21F3N2O6S/c25-24(26,27)35-17-10-7-15(8-11-17)20-12-9-16(13-28-20)29(36(32)33)21-5-1-4-19-18(21)3-2-6-22(19)34-14-23(30)31/h2-3,6-13,21H,1,4-5,14H2,(H,30,31)(H,32,33). The monoisotopic (exact) mass is 522 g/mol. The summed E-state index contributed by atoms with van der Waals surface area (Å²) < 4.78 is 70.3. The van der Waals surface area contributed by atoms with E-state index in [9.17, 15) is 26.7 Å². The molecule has 8 nitrogen and oxygen atoms in total. The number of aliphatic carboxylic acids is 1. The Hall–Kier alpha value is -3.64. The van der Waals surface area contributed by atoms with Gasteiger partial charge in [-0.2, -0.15) is 0 Å². The van der Waals surface area contributed by atoms with Crippen molar-refractivity contribution in [3.8, 4) is 22.8 Å². The zero-order chi connectivity index (χ0) is 25.9. The number of rotatable bonds is 8. The molecule has 3 aromatic rings. The third kappa shape index (κ3) is 5.94. The van der Waals surface area contributed by atoms with Crippen LogP contribution >= 0.6 is 0 Å². The van der Waals surface area contributed by atoms with Crippen LogP contribution < -0.4 is 13.8 Å². The summed E-state index contributed by atoms with van der Waals surface area (Å²) in [6.07, 6.45) is -1.46. The molecule has 2 N–H and O–H groups in total. The number of hydrogen-bond donors (Lipinski definition) is 2. The fourth-order valence-electron chi connectivity index (χ4n) is 4.20. The zero-order valence-corrected chi connectivity index (χ0v) is 19.5. The number of ether oxygens (including phenoxy) is 2. The molecule has 2 atom stereocenters. The molecule has 1 aliphatic rings. The summed E-state index contributed by atoms with van der Waals surface area (Å²) in [7, 11) is 0. The molecule has 0 fully saturated rings. The lowest BCUT2D eigenvalue weighted by molar-refractivity contribution is -0.274. The van der Waals surface area contributed by atoms with Crippen molar-refractivity contribution < 1.29 is 41.3 Å². The van der Waals surface area contributed by atoms with Crippen LogP contribution in [0.4, 0.5) is 18.9 Å². The molecule has 1 aromatic heterocycles. The van der Waals surface area contributed by atoms with E-state index in [1.54, 1.807) is 24.3 Å². The van der Waals surface area contributed by atoms with E-state index in [1.807, 2.05) is 6.07 Å². The Balaban J connectivity index is 1.59. The van der Waals surface area contributed by atoms with Crippen molar-refractivity contribution in [1.82, 2.24) is 4.98 Å². The third-order valence-corrected chi connectivity index (χ3v) is 6.42. The van der Waals surface area contributed by atoms with E-state index < -0.39 is 36.2 Å². The summed E-state index contributed by atoms with van der Waals surface area (Å²) in [5.74, 6) is -1.03. The quantitative estimate of drug-likeness (QED) is 0.395. The van der Waals surface area contributed by atoms with Gasteiger partial charge in [0.15, 0.2) is 6.61 Å². The van der Waals surface area contributed by atoms with Gasteiger partial charge < -0.3 is 14.6 Å². The minimum atomic E-state index is -4.79. The van der Waals surface area contributed by atoms with Crippen LogP contribution in [0.25, 0.3) is 11.3 Å². The fourth-order valence-corrected chi connectivity index (χ4v) is 4.93. The first kappa shape index (κ1) is 25.5. The number of aromatic nitrogens is 1. The molecule has 36 heavy (non-hydrogen) atoms. The fraction of sp³-hybridized carbons (Fsp3) is 0.250. The van der Waals surface area contributed by atoms with Gasteiger partial charge in [0.1, 0.15) is 11.5 Å². The predicted molar refractivity (Wildman–Crippen MR) is 125 cm³/mol. The van der Waals surface area contributed by atoms with Gasteiger partial charge in [-0.3, -0.25) is 13.8 Å². The van der Waals surface area contributed by atoms with E-state index in [1.165, 1.54) is 34.8 Å². The van der Waals surface area contributed by atoms with Gasteiger partial charge in [-0.1, -0.05) is 12.1 Å². The number of carbonyl (C=O) groups is 1. The molecule has 12 heteroatoms. The second-order valence-electron chi connectivity index (χ2n) is 7.94. The highest BCUT2D eigenvalue weighted by atomic mass is 32.2. The molecule has 1 heterocycles. The first-order valence-electron chi connectivity index (χ1n) is 10.8. The number of pyridine rings is 1. The van der Waals surface area contributed by atoms with Gasteiger partial charge in [0.2, 0.25) is 0 Å². The summed E-state index contributed by atoms with van der Waals surface area (Å²) in [6, 6.07) is 13.1. The number of carboxylic acids is 1. The molecule has 2 unspecified atom stereocenters. The van der Waals surface area contributed by atoms with Crippen LogP contribution in [0.5, 0.6) is 11.5 Å². The number of benzene rings is 2. The lowest BCUT2D eigenvalue weighted by Crippen LogP contribution is -2.33.